The van der Waals surface area contributed by atoms with Crippen molar-refractivity contribution in [3.63, 3.8) is 0 Å². The molecule has 1 aromatic rings. The molecule has 0 bridgehead atoms. The first-order valence-corrected chi connectivity index (χ1v) is 5.92. The molecule has 0 aliphatic heterocycles. The quantitative estimate of drug-likeness (QED) is 0.812. The molecule has 1 aromatic heterocycles. The van der Waals surface area contributed by atoms with Crippen LogP contribution in [0.3, 0.4) is 0 Å². The highest BCUT2D eigenvalue weighted by atomic mass is 16.5. The highest BCUT2D eigenvalue weighted by Gasteiger charge is 2.22. The van der Waals surface area contributed by atoms with E-state index in [1.54, 1.807) is 6.92 Å². The molecule has 0 unspecified atom stereocenters. The number of nitrogens with zero attached hydrogens (tertiary/aromatic N) is 2. The third-order valence-corrected chi connectivity index (χ3v) is 2.91. The van der Waals surface area contributed by atoms with E-state index in [1.165, 1.54) is 0 Å². The van der Waals surface area contributed by atoms with Gasteiger partial charge in [0.2, 0.25) is 11.8 Å². The molecule has 0 saturated carbocycles. The highest BCUT2D eigenvalue weighted by molar-refractivity contribution is 5.79. The Bertz CT molecular complexity index is 425. The summed E-state index contributed by atoms with van der Waals surface area (Å²) in [7, 11) is 0. The molecule has 0 spiro atoms. The fourth-order valence-electron chi connectivity index (χ4n) is 1.91. The fraction of sp³-hybridized carbons (Fsp3) is 0.583. The van der Waals surface area contributed by atoms with Crippen molar-refractivity contribution in [3.8, 4) is 0 Å². The van der Waals surface area contributed by atoms with Gasteiger partial charge in [-0.25, -0.2) is 0 Å². The number of nitrogens with one attached hydrogen (secondary N) is 1. The minimum Gasteiger partial charge on any atom is -0.344 e. The van der Waals surface area contributed by atoms with Crippen LogP contribution in [-0.2, 0) is 4.79 Å². The Morgan fingerprint density at radius 1 is 1.59 bits per heavy atom. The van der Waals surface area contributed by atoms with Gasteiger partial charge in [-0.1, -0.05) is 17.3 Å². The Morgan fingerprint density at radius 2 is 2.41 bits per heavy atom. The van der Waals surface area contributed by atoms with Gasteiger partial charge in [0.1, 0.15) is 6.04 Å². The van der Waals surface area contributed by atoms with Gasteiger partial charge in [-0.15, -0.1) is 0 Å². The third kappa shape index (κ3) is 2.93. The van der Waals surface area contributed by atoms with Crippen LogP contribution in [0.15, 0.2) is 16.7 Å². The van der Waals surface area contributed by atoms with E-state index in [1.807, 2.05) is 6.92 Å². The number of hydrogen-bond acceptors (Lipinski definition) is 4. The molecule has 5 nitrogen and oxygen atoms in total. The number of carbonyl (C=O) groups excluding carboxylic acids is 1. The van der Waals surface area contributed by atoms with Crippen molar-refractivity contribution in [1.29, 1.82) is 0 Å². The standard InChI is InChI=1S/C12H17N3O2/c1-8(12-14-9(2)15-17-12)13-11(16)10-6-4-3-5-7-10/h3-4,8,10H,5-7H2,1-2H3,(H,13,16)/t8-,10+/m1/s1. The first-order valence-electron chi connectivity index (χ1n) is 5.92. The van der Waals surface area contributed by atoms with Crippen LogP contribution in [0.1, 0.15) is 43.9 Å². The minimum absolute atomic E-state index is 0.0673. The van der Waals surface area contributed by atoms with E-state index in [0.717, 1.165) is 19.3 Å². The zero-order valence-corrected chi connectivity index (χ0v) is 10.1. The molecule has 2 atom stereocenters. The van der Waals surface area contributed by atoms with E-state index in [9.17, 15) is 4.79 Å². The molecule has 0 aromatic carbocycles. The Morgan fingerprint density at radius 3 is 3.00 bits per heavy atom. The number of aryl methyl sites for hydroxylation is 1. The molecule has 1 aliphatic carbocycles. The summed E-state index contributed by atoms with van der Waals surface area (Å²) in [5.41, 5.74) is 0. The molecule has 1 heterocycles. The van der Waals surface area contributed by atoms with Crippen LogP contribution in [0.4, 0.5) is 0 Å². The van der Waals surface area contributed by atoms with Gasteiger partial charge in [0.05, 0.1) is 0 Å². The smallest absolute Gasteiger partial charge is 0.248 e. The second-order valence-electron chi connectivity index (χ2n) is 4.39. The number of hydrogen-bond donors (Lipinski definition) is 1. The lowest BCUT2D eigenvalue weighted by Crippen LogP contribution is -2.33. The van der Waals surface area contributed by atoms with Crippen LogP contribution in [0.2, 0.25) is 0 Å². The van der Waals surface area contributed by atoms with E-state index < -0.39 is 0 Å². The van der Waals surface area contributed by atoms with Crippen LogP contribution >= 0.6 is 0 Å². The number of allylic oxidation sites excluding steroid dienone is 2. The summed E-state index contributed by atoms with van der Waals surface area (Å²) in [6, 6.07) is -0.227. The molecule has 92 valence electrons. The molecule has 0 fully saturated rings. The second-order valence-corrected chi connectivity index (χ2v) is 4.39. The van der Waals surface area contributed by atoms with Crippen molar-refractivity contribution in [2.24, 2.45) is 5.92 Å². The van der Waals surface area contributed by atoms with Gasteiger partial charge in [0, 0.05) is 5.92 Å². The average Bonchev–Trinajstić information content (AvgIpc) is 2.77. The molecule has 0 saturated heterocycles. The van der Waals surface area contributed by atoms with Gasteiger partial charge in [0.15, 0.2) is 5.82 Å². The first kappa shape index (κ1) is 11.8. The largest absolute Gasteiger partial charge is 0.344 e. The van der Waals surface area contributed by atoms with Crippen molar-refractivity contribution in [2.75, 3.05) is 0 Å². The Kier molecular flexibility index (Phi) is 3.56. The van der Waals surface area contributed by atoms with E-state index in [4.69, 9.17) is 4.52 Å². The SMILES string of the molecule is Cc1noc([C@@H](C)NC(=O)[C@H]2CC=CCC2)n1. The Labute approximate surface area is 100 Å². The minimum atomic E-state index is -0.227. The van der Waals surface area contributed by atoms with Gasteiger partial charge in [0.25, 0.3) is 0 Å². The fourth-order valence-corrected chi connectivity index (χ4v) is 1.91. The lowest BCUT2D eigenvalue weighted by molar-refractivity contribution is -0.126. The van der Waals surface area contributed by atoms with Crippen LogP contribution in [0, 0.1) is 12.8 Å². The van der Waals surface area contributed by atoms with Crippen molar-refractivity contribution in [2.45, 2.75) is 39.2 Å². The van der Waals surface area contributed by atoms with Gasteiger partial charge >= 0.3 is 0 Å². The Hall–Kier alpha value is -1.65. The lowest BCUT2D eigenvalue weighted by Gasteiger charge is -2.19. The normalized spacial score (nSPS) is 21.2. The van der Waals surface area contributed by atoms with E-state index >= 15 is 0 Å². The average molecular weight is 235 g/mol. The molecule has 17 heavy (non-hydrogen) atoms. The summed E-state index contributed by atoms with van der Waals surface area (Å²) in [6.07, 6.45) is 6.90. The van der Waals surface area contributed by atoms with Gasteiger partial charge in [-0.05, 0) is 33.1 Å². The number of carbonyl (C=O) groups is 1. The van der Waals surface area contributed by atoms with Crippen LogP contribution in [0.5, 0.6) is 0 Å². The molecular formula is C12H17N3O2. The summed E-state index contributed by atoms with van der Waals surface area (Å²) in [5.74, 6) is 1.19. The molecule has 1 aliphatic rings. The summed E-state index contributed by atoms with van der Waals surface area (Å²) in [4.78, 5) is 16.1. The predicted octanol–water partition coefficient (Wildman–Crippen LogP) is 1.91. The highest BCUT2D eigenvalue weighted by Crippen LogP contribution is 2.19. The second kappa shape index (κ2) is 5.12. The van der Waals surface area contributed by atoms with Crippen LogP contribution in [0.25, 0.3) is 0 Å². The first-order chi connectivity index (χ1) is 8.16. The maximum Gasteiger partial charge on any atom is 0.248 e. The molecule has 2 rings (SSSR count). The monoisotopic (exact) mass is 235 g/mol. The van der Waals surface area contributed by atoms with E-state index in [2.05, 4.69) is 27.6 Å². The van der Waals surface area contributed by atoms with Crippen molar-refractivity contribution < 1.29 is 9.32 Å². The maximum absolute atomic E-state index is 12.0. The van der Waals surface area contributed by atoms with Gasteiger partial charge in [-0.3, -0.25) is 4.79 Å². The lowest BCUT2D eigenvalue weighted by atomic mass is 9.93. The molecular weight excluding hydrogens is 218 g/mol. The van der Waals surface area contributed by atoms with Crippen molar-refractivity contribution in [1.82, 2.24) is 15.5 Å². The molecule has 1 amide bonds. The number of rotatable bonds is 3. The summed E-state index contributed by atoms with van der Waals surface area (Å²) in [5, 5.41) is 6.62. The maximum atomic E-state index is 12.0. The summed E-state index contributed by atoms with van der Waals surface area (Å²) in [6.45, 7) is 3.61. The van der Waals surface area contributed by atoms with E-state index in [0.29, 0.717) is 11.7 Å². The van der Waals surface area contributed by atoms with Gasteiger partial charge in [-0.2, -0.15) is 4.98 Å². The zero-order chi connectivity index (χ0) is 12.3. The summed E-state index contributed by atoms with van der Waals surface area (Å²) < 4.78 is 5.02. The zero-order valence-electron chi connectivity index (χ0n) is 10.1. The van der Waals surface area contributed by atoms with Crippen LogP contribution < -0.4 is 5.32 Å². The molecule has 1 N–H and O–H groups in total. The van der Waals surface area contributed by atoms with Crippen LogP contribution in [-0.4, -0.2) is 16.0 Å². The van der Waals surface area contributed by atoms with Gasteiger partial charge < -0.3 is 9.84 Å². The number of amides is 1. The topological polar surface area (TPSA) is 68.0 Å². The Balaban J connectivity index is 1.92. The molecule has 5 heteroatoms. The summed E-state index contributed by atoms with van der Waals surface area (Å²) >= 11 is 0. The third-order valence-electron chi connectivity index (χ3n) is 2.91. The van der Waals surface area contributed by atoms with Crippen molar-refractivity contribution >= 4 is 5.91 Å². The van der Waals surface area contributed by atoms with Crippen molar-refractivity contribution in [3.05, 3.63) is 23.9 Å². The van der Waals surface area contributed by atoms with E-state index in [-0.39, 0.29) is 17.9 Å². The predicted molar refractivity (Wildman–Crippen MR) is 62.1 cm³/mol. The number of aromatic nitrogens is 2. The molecule has 0 radical (unpaired) electrons.